The molecule has 138 valence electrons. The normalized spacial score (nSPS) is 10.8. The van der Waals surface area contributed by atoms with Gasteiger partial charge in [0.2, 0.25) is 0 Å². The summed E-state index contributed by atoms with van der Waals surface area (Å²) in [5.74, 6) is 1.62. The average molecular weight is 354 g/mol. The van der Waals surface area contributed by atoms with E-state index in [4.69, 9.17) is 9.47 Å². The lowest BCUT2D eigenvalue weighted by molar-refractivity contribution is 0.0932. The third-order valence-electron chi connectivity index (χ3n) is 3.95. The van der Waals surface area contributed by atoms with E-state index in [0.29, 0.717) is 35.8 Å². The molecule has 0 spiro atoms. The van der Waals surface area contributed by atoms with Gasteiger partial charge in [-0.3, -0.25) is 9.59 Å². The molecule has 0 heterocycles. The molecule has 2 aromatic carbocycles. The summed E-state index contributed by atoms with van der Waals surface area (Å²) < 4.78 is 11.3. The first-order valence-electron chi connectivity index (χ1n) is 8.92. The molecule has 0 amide bonds. The van der Waals surface area contributed by atoms with E-state index >= 15 is 0 Å². The highest BCUT2D eigenvalue weighted by Crippen LogP contribution is 2.17. The Morgan fingerprint density at radius 1 is 0.654 bits per heavy atom. The van der Waals surface area contributed by atoms with E-state index in [-0.39, 0.29) is 23.4 Å². The molecule has 0 fully saturated rings. The van der Waals surface area contributed by atoms with Gasteiger partial charge in [-0.1, -0.05) is 27.7 Å². The van der Waals surface area contributed by atoms with Gasteiger partial charge < -0.3 is 9.47 Å². The minimum Gasteiger partial charge on any atom is -0.490 e. The zero-order valence-corrected chi connectivity index (χ0v) is 15.8. The Morgan fingerprint density at radius 3 is 1.23 bits per heavy atom. The van der Waals surface area contributed by atoms with Gasteiger partial charge in [0.1, 0.15) is 24.7 Å². The molecule has 0 aliphatic carbocycles. The summed E-state index contributed by atoms with van der Waals surface area (Å²) in [6, 6.07) is 14.3. The number of ketones is 2. The Kier molecular flexibility index (Phi) is 6.96. The molecule has 0 aromatic heterocycles. The number of carbonyl (C=O) groups is 2. The molecule has 0 saturated carbocycles. The molecule has 0 aliphatic heterocycles. The third kappa shape index (κ3) is 5.45. The van der Waals surface area contributed by atoms with Gasteiger partial charge in [-0.25, -0.2) is 0 Å². The molecular weight excluding hydrogens is 328 g/mol. The molecule has 0 N–H and O–H groups in total. The highest BCUT2D eigenvalue weighted by atomic mass is 16.5. The van der Waals surface area contributed by atoms with E-state index in [1.54, 1.807) is 48.5 Å². The van der Waals surface area contributed by atoms with Crippen LogP contribution in [0.1, 0.15) is 48.4 Å². The van der Waals surface area contributed by atoms with Crippen LogP contribution in [-0.2, 0) is 0 Å². The molecule has 0 bridgehead atoms. The maximum atomic E-state index is 11.9. The zero-order valence-electron chi connectivity index (χ0n) is 15.8. The number of Topliss-reactive ketones (excluding diaryl/α,β-unsaturated/α-hetero) is 2. The second-order valence-corrected chi connectivity index (χ2v) is 6.78. The summed E-state index contributed by atoms with van der Waals surface area (Å²) in [7, 11) is 0. The van der Waals surface area contributed by atoms with Gasteiger partial charge in [-0.05, 0) is 48.5 Å². The number of hydrogen-bond donors (Lipinski definition) is 0. The first-order valence-corrected chi connectivity index (χ1v) is 8.92. The standard InChI is InChI=1S/C22H26O4/c1-15(2)21(23)17-5-9-19(10-6-17)25-13-14-26-20-11-7-18(8-12-20)22(24)16(3)4/h5-12,15-16H,13-14H2,1-4H3. The lowest BCUT2D eigenvalue weighted by Gasteiger charge is -2.10. The fourth-order valence-corrected chi connectivity index (χ4v) is 2.42. The molecule has 4 heteroatoms. The van der Waals surface area contributed by atoms with Crippen molar-refractivity contribution in [2.45, 2.75) is 27.7 Å². The number of rotatable bonds is 9. The quantitative estimate of drug-likeness (QED) is 0.478. The lowest BCUT2D eigenvalue weighted by atomic mass is 10.0. The third-order valence-corrected chi connectivity index (χ3v) is 3.95. The predicted octanol–water partition coefficient (Wildman–Crippen LogP) is 4.82. The smallest absolute Gasteiger partial charge is 0.165 e. The number of benzene rings is 2. The van der Waals surface area contributed by atoms with Gasteiger partial charge in [-0.2, -0.15) is 0 Å². The summed E-state index contributed by atoms with van der Waals surface area (Å²) in [5.41, 5.74) is 1.39. The Hall–Kier alpha value is -2.62. The van der Waals surface area contributed by atoms with Crippen molar-refractivity contribution in [1.29, 1.82) is 0 Å². The zero-order chi connectivity index (χ0) is 19.1. The molecule has 0 saturated heterocycles. The summed E-state index contributed by atoms with van der Waals surface area (Å²) in [5, 5.41) is 0. The van der Waals surface area contributed by atoms with Gasteiger partial charge in [-0.15, -0.1) is 0 Å². The summed E-state index contributed by atoms with van der Waals surface area (Å²) in [4.78, 5) is 23.8. The van der Waals surface area contributed by atoms with Crippen molar-refractivity contribution in [3.63, 3.8) is 0 Å². The fourth-order valence-electron chi connectivity index (χ4n) is 2.42. The van der Waals surface area contributed by atoms with Crippen LogP contribution < -0.4 is 9.47 Å². The van der Waals surface area contributed by atoms with Crippen LogP contribution >= 0.6 is 0 Å². The van der Waals surface area contributed by atoms with Crippen LogP contribution in [0.5, 0.6) is 11.5 Å². The van der Waals surface area contributed by atoms with Crippen molar-refractivity contribution in [2.75, 3.05) is 13.2 Å². The Labute approximate surface area is 155 Å². The van der Waals surface area contributed by atoms with Gasteiger partial charge >= 0.3 is 0 Å². The van der Waals surface area contributed by atoms with Crippen molar-refractivity contribution in [1.82, 2.24) is 0 Å². The largest absolute Gasteiger partial charge is 0.490 e. The van der Waals surface area contributed by atoms with Crippen LogP contribution in [0.3, 0.4) is 0 Å². The minimum absolute atomic E-state index is 0.0163. The van der Waals surface area contributed by atoms with Gasteiger partial charge in [0.25, 0.3) is 0 Å². The molecule has 0 radical (unpaired) electrons. The SMILES string of the molecule is CC(C)C(=O)c1ccc(OCCOc2ccc(C(=O)C(C)C)cc2)cc1. The Morgan fingerprint density at radius 2 is 0.962 bits per heavy atom. The lowest BCUT2D eigenvalue weighted by Crippen LogP contribution is -2.10. The molecule has 0 unspecified atom stereocenters. The van der Waals surface area contributed by atoms with Gasteiger partial charge in [0.15, 0.2) is 11.6 Å². The van der Waals surface area contributed by atoms with Crippen LogP contribution in [0.4, 0.5) is 0 Å². The van der Waals surface area contributed by atoms with E-state index in [1.807, 2.05) is 27.7 Å². The van der Waals surface area contributed by atoms with Gasteiger partial charge in [0, 0.05) is 23.0 Å². The topological polar surface area (TPSA) is 52.6 Å². The van der Waals surface area contributed by atoms with E-state index in [0.717, 1.165) is 0 Å². The number of carbonyl (C=O) groups excluding carboxylic acids is 2. The minimum atomic E-state index is -0.0163. The van der Waals surface area contributed by atoms with Crippen LogP contribution in [0, 0.1) is 11.8 Å². The summed E-state index contributed by atoms with van der Waals surface area (Å²) in [6.07, 6.45) is 0. The van der Waals surface area contributed by atoms with Crippen LogP contribution in [0.2, 0.25) is 0 Å². The van der Waals surface area contributed by atoms with E-state index in [2.05, 4.69) is 0 Å². The van der Waals surface area contributed by atoms with E-state index in [9.17, 15) is 9.59 Å². The number of ether oxygens (including phenoxy) is 2. The van der Waals surface area contributed by atoms with Crippen molar-refractivity contribution in [3.8, 4) is 11.5 Å². The molecule has 26 heavy (non-hydrogen) atoms. The van der Waals surface area contributed by atoms with E-state index in [1.165, 1.54) is 0 Å². The van der Waals surface area contributed by atoms with Crippen molar-refractivity contribution in [2.24, 2.45) is 11.8 Å². The second-order valence-electron chi connectivity index (χ2n) is 6.78. The Bertz CT molecular complexity index is 662. The van der Waals surface area contributed by atoms with Crippen LogP contribution in [0.25, 0.3) is 0 Å². The van der Waals surface area contributed by atoms with Crippen molar-refractivity contribution in [3.05, 3.63) is 59.7 Å². The first-order chi connectivity index (χ1) is 12.4. The molecule has 2 rings (SSSR count). The first kappa shape index (κ1) is 19.7. The average Bonchev–Trinajstić information content (AvgIpc) is 2.65. The summed E-state index contributed by atoms with van der Waals surface area (Å²) in [6.45, 7) is 8.32. The second kappa shape index (κ2) is 9.18. The van der Waals surface area contributed by atoms with Crippen LogP contribution in [0.15, 0.2) is 48.5 Å². The molecule has 0 atom stereocenters. The maximum absolute atomic E-state index is 11.9. The molecule has 2 aromatic rings. The summed E-state index contributed by atoms with van der Waals surface area (Å²) >= 11 is 0. The predicted molar refractivity (Wildman–Crippen MR) is 102 cm³/mol. The van der Waals surface area contributed by atoms with Crippen LogP contribution in [-0.4, -0.2) is 24.8 Å². The molecule has 0 aliphatic rings. The molecular formula is C22H26O4. The van der Waals surface area contributed by atoms with E-state index < -0.39 is 0 Å². The maximum Gasteiger partial charge on any atom is 0.165 e. The Balaban J connectivity index is 1.78. The highest BCUT2D eigenvalue weighted by Gasteiger charge is 2.11. The van der Waals surface area contributed by atoms with Crippen molar-refractivity contribution >= 4 is 11.6 Å². The fraction of sp³-hybridized carbons (Fsp3) is 0.364. The highest BCUT2D eigenvalue weighted by molar-refractivity contribution is 5.97. The van der Waals surface area contributed by atoms with Crippen molar-refractivity contribution < 1.29 is 19.1 Å². The number of hydrogen-bond acceptors (Lipinski definition) is 4. The monoisotopic (exact) mass is 354 g/mol. The molecule has 4 nitrogen and oxygen atoms in total. The van der Waals surface area contributed by atoms with Gasteiger partial charge in [0.05, 0.1) is 0 Å².